The standard InChI is InChI=1S/C18H19NOS/c1-13(2)10-17-8-9-18(21-17)11-15(12-19)14-4-6-16(20-3)7-5-14/h4-9,11,13H,10H2,1-3H3/b15-11+. The van der Waals surface area contributed by atoms with Crippen molar-refractivity contribution in [2.75, 3.05) is 7.11 Å². The number of benzene rings is 1. The van der Waals surface area contributed by atoms with Crippen LogP contribution in [0.25, 0.3) is 11.6 Å². The van der Waals surface area contributed by atoms with Crippen molar-refractivity contribution < 1.29 is 4.74 Å². The number of methoxy groups -OCH3 is 1. The number of nitriles is 1. The Morgan fingerprint density at radius 1 is 1.24 bits per heavy atom. The molecule has 2 nitrogen and oxygen atoms in total. The lowest BCUT2D eigenvalue weighted by Gasteiger charge is -2.02. The minimum absolute atomic E-state index is 0.650. The molecule has 0 spiro atoms. The number of nitrogens with zero attached hydrogens (tertiary/aromatic N) is 1. The molecule has 2 rings (SSSR count). The molecule has 0 saturated heterocycles. The average molecular weight is 297 g/mol. The van der Waals surface area contributed by atoms with E-state index in [1.54, 1.807) is 18.4 Å². The summed E-state index contributed by atoms with van der Waals surface area (Å²) >= 11 is 1.76. The summed E-state index contributed by atoms with van der Waals surface area (Å²) in [6.07, 6.45) is 3.04. The van der Waals surface area contributed by atoms with E-state index < -0.39 is 0 Å². The summed E-state index contributed by atoms with van der Waals surface area (Å²) in [5.74, 6) is 1.45. The van der Waals surface area contributed by atoms with Crippen LogP contribution >= 0.6 is 11.3 Å². The summed E-state index contributed by atoms with van der Waals surface area (Å²) in [5.41, 5.74) is 1.59. The maximum absolute atomic E-state index is 9.37. The molecule has 1 aromatic heterocycles. The second-order valence-corrected chi connectivity index (χ2v) is 6.50. The molecule has 1 aromatic carbocycles. The first-order valence-corrected chi connectivity index (χ1v) is 7.79. The Bertz CT molecular complexity index is 659. The predicted octanol–water partition coefficient (Wildman–Crippen LogP) is 5.02. The Morgan fingerprint density at radius 2 is 1.95 bits per heavy atom. The van der Waals surface area contributed by atoms with E-state index in [2.05, 4.69) is 32.0 Å². The number of hydrogen-bond acceptors (Lipinski definition) is 3. The highest BCUT2D eigenvalue weighted by Crippen LogP contribution is 2.25. The van der Waals surface area contributed by atoms with Crippen LogP contribution in [0, 0.1) is 17.2 Å². The number of rotatable bonds is 5. The molecule has 0 bridgehead atoms. The summed E-state index contributed by atoms with van der Waals surface area (Å²) in [7, 11) is 1.64. The van der Waals surface area contributed by atoms with Gasteiger partial charge in [-0.2, -0.15) is 5.26 Å². The number of thiophene rings is 1. The van der Waals surface area contributed by atoms with Crippen molar-refractivity contribution in [3.63, 3.8) is 0 Å². The molecule has 0 atom stereocenters. The molecule has 0 radical (unpaired) electrons. The predicted molar refractivity (Wildman–Crippen MR) is 89.3 cm³/mol. The Labute approximate surface area is 130 Å². The van der Waals surface area contributed by atoms with Crippen molar-refractivity contribution in [2.24, 2.45) is 5.92 Å². The maximum atomic E-state index is 9.37. The Hall–Kier alpha value is -2.05. The monoisotopic (exact) mass is 297 g/mol. The first-order chi connectivity index (χ1) is 10.1. The van der Waals surface area contributed by atoms with Crippen molar-refractivity contribution in [2.45, 2.75) is 20.3 Å². The molecule has 0 unspecified atom stereocenters. The van der Waals surface area contributed by atoms with Crippen LogP contribution < -0.4 is 4.74 Å². The van der Waals surface area contributed by atoms with Gasteiger partial charge in [-0.25, -0.2) is 0 Å². The van der Waals surface area contributed by atoms with Gasteiger partial charge in [0.15, 0.2) is 0 Å². The third-order valence-corrected chi connectivity index (χ3v) is 4.15. The molecule has 108 valence electrons. The van der Waals surface area contributed by atoms with Gasteiger partial charge in [-0.05, 0) is 60.4 Å². The van der Waals surface area contributed by atoms with Crippen LogP contribution in [0.4, 0.5) is 0 Å². The molecule has 0 N–H and O–H groups in total. The van der Waals surface area contributed by atoms with Crippen LogP contribution in [0.3, 0.4) is 0 Å². The third kappa shape index (κ3) is 4.21. The lowest BCUT2D eigenvalue weighted by atomic mass is 10.1. The van der Waals surface area contributed by atoms with E-state index >= 15 is 0 Å². The zero-order chi connectivity index (χ0) is 15.2. The van der Waals surface area contributed by atoms with Gasteiger partial charge in [0.2, 0.25) is 0 Å². The Morgan fingerprint density at radius 3 is 2.52 bits per heavy atom. The van der Waals surface area contributed by atoms with Crippen molar-refractivity contribution in [3.8, 4) is 11.8 Å². The van der Waals surface area contributed by atoms with E-state index in [-0.39, 0.29) is 0 Å². The number of hydrogen-bond donors (Lipinski definition) is 0. The van der Waals surface area contributed by atoms with E-state index in [0.29, 0.717) is 11.5 Å². The molecular weight excluding hydrogens is 278 g/mol. The molecule has 0 saturated carbocycles. The summed E-state index contributed by atoms with van der Waals surface area (Å²) in [5, 5.41) is 9.37. The van der Waals surface area contributed by atoms with Crippen molar-refractivity contribution in [1.82, 2.24) is 0 Å². The fourth-order valence-corrected chi connectivity index (χ4v) is 3.25. The van der Waals surface area contributed by atoms with E-state index in [4.69, 9.17) is 4.74 Å². The molecule has 0 amide bonds. The van der Waals surface area contributed by atoms with Crippen LogP contribution in [0.2, 0.25) is 0 Å². The topological polar surface area (TPSA) is 33.0 Å². The zero-order valence-electron chi connectivity index (χ0n) is 12.6. The molecule has 3 heteroatoms. The van der Waals surface area contributed by atoms with E-state index in [0.717, 1.165) is 22.6 Å². The van der Waals surface area contributed by atoms with Crippen LogP contribution in [0.5, 0.6) is 5.75 Å². The summed E-state index contributed by atoms with van der Waals surface area (Å²) in [6, 6.07) is 14.1. The van der Waals surface area contributed by atoms with Gasteiger partial charge in [-0.1, -0.05) is 13.8 Å². The fourth-order valence-electron chi connectivity index (χ4n) is 2.08. The van der Waals surface area contributed by atoms with Crippen LogP contribution in [0.15, 0.2) is 36.4 Å². The van der Waals surface area contributed by atoms with E-state index in [9.17, 15) is 5.26 Å². The zero-order valence-corrected chi connectivity index (χ0v) is 13.4. The average Bonchev–Trinajstić information content (AvgIpc) is 2.91. The Kier molecular flexibility index (Phi) is 5.19. The minimum Gasteiger partial charge on any atom is -0.497 e. The summed E-state index contributed by atoms with van der Waals surface area (Å²) in [6.45, 7) is 4.43. The van der Waals surface area contributed by atoms with Gasteiger partial charge in [-0.3, -0.25) is 0 Å². The number of allylic oxidation sites excluding steroid dienone is 1. The van der Waals surface area contributed by atoms with Gasteiger partial charge in [0.1, 0.15) is 5.75 Å². The maximum Gasteiger partial charge on any atom is 0.118 e. The van der Waals surface area contributed by atoms with E-state index in [1.807, 2.05) is 30.3 Å². The molecule has 1 heterocycles. The third-order valence-electron chi connectivity index (χ3n) is 3.10. The van der Waals surface area contributed by atoms with Gasteiger partial charge >= 0.3 is 0 Å². The second-order valence-electron chi connectivity index (χ2n) is 5.30. The van der Waals surface area contributed by atoms with Gasteiger partial charge in [0.05, 0.1) is 18.8 Å². The second kappa shape index (κ2) is 7.10. The molecular formula is C18H19NOS. The van der Waals surface area contributed by atoms with Crippen LogP contribution in [-0.4, -0.2) is 7.11 Å². The van der Waals surface area contributed by atoms with E-state index in [1.165, 1.54) is 4.88 Å². The molecule has 2 aromatic rings. The lowest BCUT2D eigenvalue weighted by molar-refractivity contribution is 0.415. The quantitative estimate of drug-likeness (QED) is 0.726. The minimum atomic E-state index is 0.650. The SMILES string of the molecule is COc1ccc(/C(C#N)=C/c2ccc(CC(C)C)s2)cc1. The van der Waals surface area contributed by atoms with Gasteiger partial charge in [0, 0.05) is 9.75 Å². The number of ether oxygens (including phenoxy) is 1. The highest BCUT2D eigenvalue weighted by molar-refractivity contribution is 7.12. The highest BCUT2D eigenvalue weighted by Gasteiger charge is 2.05. The summed E-state index contributed by atoms with van der Waals surface area (Å²) in [4.78, 5) is 2.49. The molecule has 0 fully saturated rings. The fraction of sp³-hybridized carbons (Fsp3) is 0.278. The summed E-state index contributed by atoms with van der Waals surface area (Å²) < 4.78 is 5.14. The normalized spacial score (nSPS) is 11.5. The largest absolute Gasteiger partial charge is 0.497 e. The van der Waals surface area contributed by atoms with Crippen molar-refractivity contribution in [1.29, 1.82) is 5.26 Å². The van der Waals surface area contributed by atoms with Gasteiger partial charge < -0.3 is 4.74 Å². The lowest BCUT2D eigenvalue weighted by Crippen LogP contribution is -1.89. The van der Waals surface area contributed by atoms with Crippen molar-refractivity contribution >= 4 is 23.0 Å². The van der Waals surface area contributed by atoms with Gasteiger partial charge in [0.25, 0.3) is 0 Å². The molecule has 0 aliphatic heterocycles. The Balaban J connectivity index is 2.23. The first-order valence-electron chi connectivity index (χ1n) is 6.97. The van der Waals surface area contributed by atoms with Gasteiger partial charge in [-0.15, -0.1) is 11.3 Å². The molecule has 0 aliphatic carbocycles. The highest BCUT2D eigenvalue weighted by atomic mass is 32.1. The molecule has 21 heavy (non-hydrogen) atoms. The smallest absolute Gasteiger partial charge is 0.118 e. The first kappa shape index (κ1) is 15.3. The molecule has 0 aliphatic rings. The van der Waals surface area contributed by atoms with Crippen LogP contribution in [-0.2, 0) is 6.42 Å². The van der Waals surface area contributed by atoms with Crippen LogP contribution in [0.1, 0.15) is 29.2 Å². The van der Waals surface area contributed by atoms with Crippen molar-refractivity contribution in [3.05, 3.63) is 51.7 Å².